The van der Waals surface area contributed by atoms with Crippen molar-refractivity contribution in [3.05, 3.63) is 16.8 Å². The van der Waals surface area contributed by atoms with E-state index in [9.17, 15) is 0 Å². The van der Waals surface area contributed by atoms with E-state index in [-0.39, 0.29) is 0 Å². The van der Waals surface area contributed by atoms with Crippen molar-refractivity contribution in [2.24, 2.45) is 0 Å². The van der Waals surface area contributed by atoms with Crippen LogP contribution < -0.4 is 4.74 Å². The van der Waals surface area contributed by atoms with Crippen molar-refractivity contribution in [3.63, 3.8) is 0 Å². The molecule has 0 aromatic carbocycles. The van der Waals surface area contributed by atoms with E-state index in [4.69, 9.17) is 4.74 Å². The van der Waals surface area contributed by atoms with Crippen molar-refractivity contribution < 1.29 is 4.74 Å². The van der Waals surface area contributed by atoms with E-state index >= 15 is 0 Å². The fourth-order valence-corrected chi connectivity index (χ4v) is 1.15. The normalized spacial score (nSPS) is 10.1. The summed E-state index contributed by atoms with van der Waals surface area (Å²) >= 11 is 1.66. The molecule has 0 radical (unpaired) electrons. The molecule has 0 unspecified atom stereocenters. The van der Waals surface area contributed by atoms with E-state index in [1.807, 2.05) is 30.7 Å². The molecule has 0 atom stereocenters. The first-order valence-electron chi connectivity index (χ1n) is 2.98. The minimum atomic E-state index is 0.291. The maximum atomic E-state index is 5.36. The summed E-state index contributed by atoms with van der Waals surface area (Å²) in [5.41, 5.74) is 0. The maximum absolute atomic E-state index is 5.36. The zero-order chi connectivity index (χ0) is 6.69. The van der Waals surface area contributed by atoms with Crippen LogP contribution in [0.4, 0.5) is 0 Å². The van der Waals surface area contributed by atoms with Crippen molar-refractivity contribution in [2.75, 3.05) is 0 Å². The third-order valence-corrected chi connectivity index (χ3v) is 1.53. The Morgan fingerprint density at radius 2 is 2.33 bits per heavy atom. The van der Waals surface area contributed by atoms with Crippen molar-refractivity contribution >= 4 is 11.3 Å². The molecule has 0 spiro atoms. The molecule has 50 valence electrons. The predicted molar refractivity (Wildman–Crippen MR) is 40.1 cm³/mol. The zero-order valence-corrected chi connectivity index (χ0v) is 6.44. The molecule has 1 aromatic rings. The van der Waals surface area contributed by atoms with Crippen molar-refractivity contribution in [2.45, 2.75) is 20.0 Å². The standard InChI is InChI=1S/C7H10OS/c1-6(2)8-7-3-4-9-5-7/h3-6H,1-2H3. The van der Waals surface area contributed by atoms with Gasteiger partial charge in [-0.15, -0.1) is 11.3 Å². The van der Waals surface area contributed by atoms with Crippen LogP contribution in [-0.2, 0) is 0 Å². The van der Waals surface area contributed by atoms with E-state index in [2.05, 4.69) is 0 Å². The van der Waals surface area contributed by atoms with Crippen molar-refractivity contribution in [3.8, 4) is 5.75 Å². The van der Waals surface area contributed by atoms with Crippen LogP contribution in [0.3, 0.4) is 0 Å². The van der Waals surface area contributed by atoms with Gasteiger partial charge in [-0.05, 0) is 25.3 Å². The van der Waals surface area contributed by atoms with Gasteiger partial charge in [-0.2, -0.15) is 0 Å². The van der Waals surface area contributed by atoms with Gasteiger partial charge in [0.15, 0.2) is 0 Å². The van der Waals surface area contributed by atoms with E-state index < -0.39 is 0 Å². The number of thiophene rings is 1. The molecular formula is C7H10OS. The molecule has 0 amide bonds. The highest BCUT2D eigenvalue weighted by atomic mass is 32.1. The Kier molecular flexibility index (Phi) is 2.11. The van der Waals surface area contributed by atoms with Crippen LogP contribution in [0.25, 0.3) is 0 Å². The van der Waals surface area contributed by atoms with Gasteiger partial charge in [0, 0.05) is 5.38 Å². The molecule has 2 heteroatoms. The van der Waals surface area contributed by atoms with E-state index in [0.29, 0.717) is 6.10 Å². The third kappa shape index (κ3) is 2.06. The lowest BCUT2D eigenvalue weighted by molar-refractivity contribution is 0.243. The van der Waals surface area contributed by atoms with E-state index in [1.165, 1.54) is 0 Å². The van der Waals surface area contributed by atoms with Gasteiger partial charge >= 0.3 is 0 Å². The highest BCUT2D eigenvalue weighted by molar-refractivity contribution is 7.08. The summed E-state index contributed by atoms with van der Waals surface area (Å²) in [6.07, 6.45) is 0.291. The van der Waals surface area contributed by atoms with E-state index in [1.54, 1.807) is 11.3 Å². The highest BCUT2D eigenvalue weighted by Gasteiger charge is 1.94. The minimum absolute atomic E-state index is 0.291. The second-order valence-corrected chi connectivity index (χ2v) is 2.91. The summed E-state index contributed by atoms with van der Waals surface area (Å²) in [7, 11) is 0. The third-order valence-electron chi connectivity index (χ3n) is 0.867. The molecule has 1 heterocycles. The summed E-state index contributed by atoms with van der Waals surface area (Å²) in [6, 6.07) is 1.98. The van der Waals surface area contributed by atoms with Crippen molar-refractivity contribution in [1.29, 1.82) is 0 Å². The lowest BCUT2D eigenvalue weighted by Crippen LogP contribution is -2.04. The first-order chi connectivity index (χ1) is 4.29. The molecule has 0 saturated carbocycles. The van der Waals surface area contributed by atoms with Crippen LogP contribution in [0, 0.1) is 0 Å². The Morgan fingerprint density at radius 1 is 1.56 bits per heavy atom. The summed E-state index contributed by atoms with van der Waals surface area (Å²) in [5, 5.41) is 4.01. The smallest absolute Gasteiger partial charge is 0.130 e. The van der Waals surface area contributed by atoms with Gasteiger partial charge in [-0.3, -0.25) is 0 Å². The minimum Gasteiger partial charge on any atom is -0.490 e. The Bertz CT molecular complexity index is 155. The van der Waals surface area contributed by atoms with Crippen LogP contribution in [0.5, 0.6) is 5.75 Å². The Morgan fingerprint density at radius 3 is 2.78 bits per heavy atom. The number of ether oxygens (including phenoxy) is 1. The van der Waals surface area contributed by atoms with Gasteiger partial charge in [0.2, 0.25) is 0 Å². The number of hydrogen-bond acceptors (Lipinski definition) is 2. The van der Waals surface area contributed by atoms with E-state index in [0.717, 1.165) is 5.75 Å². The molecule has 0 fully saturated rings. The quantitative estimate of drug-likeness (QED) is 0.616. The molecule has 9 heavy (non-hydrogen) atoms. The first kappa shape index (κ1) is 6.62. The van der Waals surface area contributed by atoms with Crippen LogP contribution in [0.15, 0.2) is 16.8 Å². The van der Waals surface area contributed by atoms with Crippen LogP contribution in [-0.4, -0.2) is 6.10 Å². The van der Waals surface area contributed by atoms with Gasteiger partial charge in [0.25, 0.3) is 0 Å². The average Bonchev–Trinajstić information content (AvgIpc) is 2.15. The first-order valence-corrected chi connectivity index (χ1v) is 3.92. The van der Waals surface area contributed by atoms with Gasteiger partial charge in [-0.25, -0.2) is 0 Å². The maximum Gasteiger partial charge on any atom is 0.130 e. The van der Waals surface area contributed by atoms with Crippen LogP contribution in [0.1, 0.15) is 13.8 Å². The fourth-order valence-electron chi connectivity index (χ4n) is 0.591. The molecule has 0 aliphatic carbocycles. The summed E-state index contributed by atoms with van der Waals surface area (Å²) in [5.74, 6) is 0.981. The topological polar surface area (TPSA) is 9.23 Å². The molecule has 1 aromatic heterocycles. The van der Waals surface area contributed by atoms with Gasteiger partial charge in [0.05, 0.1) is 6.10 Å². The second kappa shape index (κ2) is 2.87. The second-order valence-electron chi connectivity index (χ2n) is 2.13. The summed E-state index contributed by atoms with van der Waals surface area (Å²) < 4.78 is 5.36. The Labute approximate surface area is 59.3 Å². The summed E-state index contributed by atoms with van der Waals surface area (Å²) in [6.45, 7) is 4.05. The largest absolute Gasteiger partial charge is 0.490 e. The average molecular weight is 142 g/mol. The molecule has 0 bridgehead atoms. The monoisotopic (exact) mass is 142 g/mol. The Balaban J connectivity index is 2.48. The molecule has 0 N–H and O–H groups in total. The lowest BCUT2D eigenvalue weighted by atomic mass is 10.5. The Hall–Kier alpha value is -0.500. The zero-order valence-electron chi connectivity index (χ0n) is 5.63. The lowest BCUT2D eigenvalue weighted by Gasteiger charge is -2.05. The number of rotatable bonds is 2. The van der Waals surface area contributed by atoms with Crippen LogP contribution in [0.2, 0.25) is 0 Å². The molecule has 1 nitrogen and oxygen atoms in total. The van der Waals surface area contributed by atoms with Gasteiger partial charge in [0.1, 0.15) is 5.75 Å². The number of hydrogen-bond donors (Lipinski definition) is 0. The SMILES string of the molecule is CC(C)Oc1ccsc1. The molecule has 0 aliphatic heterocycles. The molecule has 0 saturated heterocycles. The summed E-state index contributed by atoms with van der Waals surface area (Å²) in [4.78, 5) is 0. The van der Waals surface area contributed by atoms with Crippen molar-refractivity contribution in [1.82, 2.24) is 0 Å². The van der Waals surface area contributed by atoms with Crippen LogP contribution >= 0.6 is 11.3 Å². The molecular weight excluding hydrogens is 132 g/mol. The van der Waals surface area contributed by atoms with Gasteiger partial charge in [-0.1, -0.05) is 0 Å². The highest BCUT2D eigenvalue weighted by Crippen LogP contribution is 2.15. The molecule has 0 aliphatic rings. The molecule has 1 rings (SSSR count). The predicted octanol–water partition coefficient (Wildman–Crippen LogP) is 2.54. The fraction of sp³-hybridized carbons (Fsp3) is 0.429. The van der Waals surface area contributed by atoms with Gasteiger partial charge < -0.3 is 4.74 Å².